The van der Waals surface area contributed by atoms with Gasteiger partial charge in [0.05, 0.1) is 17.1 Å². The van der Waals surface area contributed by atoms with Gasteiger partial charge in [0.25, 0.3) is 5.91 Å². The summed E-state index contributed by atoms with van der Waals surface area (Å²) in [6.07, 6.45) is 0.0202. The van der Waals surface area contributed by atoms with E-state index in [2.05, 4.69) is 10.6 Å². The number of aryl methyl sites for hydroxylation is 3. The first-order chi connectivity index (χ1) is 18.2. The molecule has 10 heteroatoms. The van der Waals surface area contributed by atoms with Crippen LogP contribution >= 0.6 is 11.6 Å². The number of halogens is 1. The van der Waals surface area contributed by atoms with Gasteiger partial charge in [0.15, 0.2) is 0 Å². The highest BCUT2D eigenvalue weighted by Gasteiger charge is 2.45. The average molecular weight is 557 g/mol. The number of ether oxygens (including phenoxy) is 1. The van der Waals surface area contributed by atoms with Gasteiger partial charge in [-0.1, -0.05) is 41.9 Å². The summed E-state index contributed by atoms with van der Waals surface area (Å²) >= 11 is 6.41. The van der Waals surface area contributed by atoms with Gasteiger partial charge >= 0.3 is 6.09 Å². The highest BCUT2D eigenvalue weighted by molar-refractivity contribution is 6.34. The standard InChI is InChI=1S/C29H37ClN4O5/c1-16-9-7-10-17(2)23(16)25(26(36)33-24-18(3)11-8-12-20(24)30)34(19-13-14-19)27(37)21(15-22(31)35)32-28(38)39-29(4,5)6/h7-12,19,21,25H,13-15H2,1-6H3,(H2,31,35)(H,32,38)(H,33,36). The molecule has 3 rings (SSSR count). The molecular formula is C29H37ClN4O5. The maximum absolute atomic E-state index is 14.1. The van der Waals surface area contributed by atoms with Crippen LogP contribution in [-0.2, 0) is 19.1 Å². The molecule has 39 heavy (non-hydrogen) atoms. The number of nitrogens with one attached hydrogen (secondary N) is 2. The summed E-state index contributed by atoms with van der Waals surface area (Å²) in [5, 5.41) is 5.80. The fourth-order valence-electron chi connectivity index (χ4n) is 4.54. The molecule has 1 fully saturated rings. The summed E-state index contributed by atoms with van der Waals surface area (Å²) in [6, 6.07) is 8.27. The zero-order chi connectivity index (χ0) is 29.1. The third-order valence-electron chi connectivity index (χ3n) is 6.40. The Kier molecular flexibility index (Phi) is 9.27. The van der Waals surface area contributed by atoms with Crippen molar-refractivity contribution in [3.63, 3.8) is 0 Å². The highest BCUT2D eigenvalue weighted by Crippen LogP contribution is 2.39. The van der Waals surface area contributed by atoms with Crippen molar-refractivity contribution in [1.29, 1.82) is 0 Å². The van der Waals surface area contributed by atoms with Crippen LogP contribution in [0.2, 0.25) is 5.02 Å². The van der Waals surface area contributed by atoms with E-state index in [1.54, 1.807) is 32.9 Å². The largest absolute Gasteiger partial charge is 0.444 e. The zero-order valence-corrected chi connectivity index (χ0v) is 24.0. The normalized spacial score (nSPS) is 14.6. The molecule has 2 atom stereocenters. The molecule has 1 saturated carbocycles. The van der Waals surface area contributed by atoms with Crippen molar-refractivity contribution in [2.24, 2.45) is 5.73 Å². The quantitative estimate of drug-likeness (QED) is 0.412. The van der Waals surface area contributed by atoms with Crippen LogP contribution in [0.4, 0.5) is 10.5 Å². The van der Waals surface area contributed by atoms with Crippen LogP contribution in [0.15, 0.2) is 36.4 Å². The van der Waals surface area contributed by atoms with Crippen molar-refractivity contribution in [3.8, 4) is 0 Å². The van der Waals surface area contributed by atoms with Gasteiger partial charge in [-0.05, 0) is 82.7 Å². The first-order valence-electron chi connectivity index (χ1n) is 12.9. The van der Waals surface area contributed by atoms with Crippen LogP contribution in [0, 0.1) is 20.8 Å². The Labute approximate surface area is 234 Å². The predicted octanol–water partition coefficient (Wildman–Crippen LogP) is 4.70. The summed E-state index contributed by atoms with van der Waals surface area (Å²) in [5.74, 6) is -1.83. The number of anilines is 1. The molecule has 0 saturated heterocycles. The van der Waals surface area contributed by atoms with Gasteiger partial charge in [0.2, 0.25) is 11.8 Å². The number of benzene rings is 2. The number of carbonyl (C=O) groups is 4. The Balaban J connectivity index is 2.08. The zero-order valence-electron chi connectivity index (χ0n) is 23.3. The summed E-state index contributed by atoms with van der Waals surface area (Å²) in [7, 11) is 0. The number of alkyl carbamates (subject to hydrolysis) is 1. The molecule has 2 unspecified atom stereocenters. The molecule has 0 heterocycles. The van der Waals surface area contributed by atoms with Crippen LogP contribution in [-0.4, -0.2) is 46.4 Å². The second kappa shape index (κ2) is 12.1. The SMILES string of the molecule is Cc1cccc(Cl)c1NC(=O)C(c1c(C)cccc1C)N(C(=O)C(CC(N)=O)NC(=O)OC(C)(C)C)C1CC1. The molecule has 2 aromatic carbocycles. The monoisotopic (exact) mass is 556 g/mol. The highest BCUT2D eigenvalue weighted by atomic mass is 35.5. The van der Waals surface area contributed by atoms with E-state index in [1.165, 1.54) is 4.90 Å². The smallest absolute Gasteiger partial charge is 0.408 e. The summed E-state index contributed by atoms with van der Waals surface area (Å²) in [6.45, 7) is 10.6. The third kappa shape index (κ3) is 7.72. The third-order valence-corrected chi connectivity index (χ3v) is 6.72. The topological polar surface area (TPSA) is 131 Å². The Hall–Kier alpha value is -3.59. The van der Waals surface area contributed by atoms with Crippen molar-refractivity contribution >= 4 is 41.1 Å². The van der Waals surface area contributed by atoms with Gasteiger partial charge in [-0.2, -0.15) is 0 Å². The van der Waals surface area contributed by atoms with Crippen molar-refractivity contribution in [2.75, 3.05) is 5.32 Å². The van der Waals surface area contributed by atoms with Gasteiger partial charge in [-0.25, -0.2) is 4.79 Å². The number of nitrogens with two attached hydrogens (primary N) is 1. The summed E-state index contributed by atoms with van der Waals surface area (Å²) in [5.41, 5.74) is 8.14. The van der Waals surface area contributed by atoms with Crippen molar-refractivity contribution in [1.82, 2.24) is 10.2 Å². The van der Waals surface area contributed by atoms with Crippen molar-refractivity contribution in [2.45, 2.75) is 84.5 Å². The lowest BCUT2D eigenvalue weighted by atomic mass is 9.93. The second-order valence-electron chi connectivity index (χ2n) is 11.0. The van der Waals surface area contributed by atoms with Crippen LogP contribution < -0.4 is 16.4 Å². The fraction of sp³-hybridized carbons (Fsp3) is 0.448. The van der Waals surface area contributed by atoms with Crippen molar-refractivity contribution in [3.05, 3.63) is 63.7 Å². The van der Waals surface area contributed by atoms with E-state index in [0.29, 0.717) is 29.1 Å². The lowest BCUT2D eigenvalue weighted by Gasteiger charge is -2.36. The lowest BCUT2D eigenvalue weighted by Crippen LogP contribution is -2.54. The number of nitrogens with zero attached hydrogens (tertiary/aromatic N) is 1. The first kappa shape index (κ1) is 30.0. The van der Waals surface area contributed by atoms with Crippen LogP contribution in [0.1, 0.15) is 68.3 Å². The summed E-state index contributed by atoms with van der Waals surface area (Å²) in [4.78, 5) is 54.3. The van der Waals surface area contributed by atoms with Crippen LogP contribution in [0.3, 0.4) is 0 Å². The maximum atomic E-state index is 14.1. The Morgan fingerprint density at radius 1 is 1.03 bits per heavy atom. The van der Waals surface area contributed by atoms with E-state index in [1.807, 2.05) is 45.0 Å². The molecule has 0 bridgehead atoms. The number of amides is 4. The van der Waals surface area contributed by atoms with Crippen LogP contribution in [0.5, 0.6) is 0 Å². The molecule has 0 spiro atoms. The number of primary amides is 1. The van der Waals surface area contributed by atoms with E-state index < -0.39 is 47.9 Å². The maximum Gasteiger partial charge on any atom is 0.408 e. The van der Waals surface area contributed by atoms with Gasteiger partial charge in [0, 0.05) is 6.04 Å². The number of hydrogen-bond donors (Lipinski definition) is 3. The van der Waals surface area contributed by atoms with Gasteiger partial charge in [0.1, 0.15) is 17.7 Å². The number of rotatable bonds is 9. The average Bonchev–Trinajstić information content (AvgIpc) is 3.63. The minimum atomic E-state index is -1.32. The van der Waals surface area contributed by atoms with E-state index in [9.17, 15) is 19.2 Å². The van der Waals surface area contributed by atoms with Crippen LogP contribution in [0.25, 0.3) is 0 Å². The molecule has 210 valence electrons. The molecule has 4 amide bonds. The van der Waals surface area contributed by atoms with E-state index in [-0.39, 0.29) is 6.04 Å². The summed E-state index contributed by atoms with van der Waals surface area (Å²) < 4.78 is 5.33. The number of carbonyl (C=O) groups excluding carboxylic acids is 4. The van der Waals surface area contributed by atoms with E-state index in [0.717, 1.165) is 16.7 Å². The number of para-hydroxylation sites is 1. The van der Waals surface area contributed by atoms with Gasteiger partial charge in [-0.3, -0.25) is 14.4 Å². The van der Waals surface area contributed by atoms with Gasteiger partial charge in [-0.15, -0.1) is 0 Å². The van der Waals surface area contributed by atoms with Crippen molar-refractivity contribution < 1.29 is 23.9 Å². The second-order valence-corrected chi connectivity index (χ2v) is 11.4. The van der Waals surface area contributed by atoms with E-state index in [4.69, 9.17) is 22.1 Å². The Morgan fingerprint density at radius 3 is 2.10 bits per heavy atom. The molecule has 9 nitrogen and oxygen atoms in total. The minimum Gasteiger partial charge on any atom is -0.444 e. The molecule has 2 aromatic rings. The molecule has 0 aromatic heterocycles. The fourth-order valence-corrected chi connectivity index (χ4v) is 4.81. The van der Waals surface area contributed by atoms with Gasteiger partial charge < -0.3 is 26.0 Å². The molecule has 0 aliphatic heterocycles. The Morgan fingerprint density at radius 2 is 1.59 bits per heavy atom. The molecule has 1 aliphatic carbocycles. The number of hydrogen-bond acceptors (Lipinski definition) is 5. The minimum absolute atomic E-state index is 0.268. The molecule has 0 radical (unpaired) electrons. The molecule has 4 N–H and O–H groups in total. The predicted molar refractivity (Wildman–Crippen MR) is 150 cm³/mol. The molecule has 1 aliphatic rings. The Bertz CT molecular complexity index is 1230. The van der Waals surface area contributed by atoms with E-state index >= 15 is 0 Å². The molecular weight excluding hydrogens is 520 g/mol. The lowest BCUT2D eigenvalue weighted by molar-refractivity contribution is -0.142. The first-order valence-corrected chi connectivity index (χ1v) is 13.3.